The summed E-state index contributed by atoms with van der Waals surface area (Å²) in [5.41, 5.74) is 5.48. The second-order valence-corrected chi connectivity index (χ2v) is 2.99. The minimum absolute atomic E-state index is 0.0793. The van der Waals surface area contributed by atoms with Crippen LogP contribution < -0.4 is 5.73 Å². The van der Waals surface area contributed by atoms with E-state index in [0.717, 1.165) is 0 Å². The fourth-order valence-corrected chi connectivity index (χ4v) is 0.876. The molecule has 0 saturated carbocycles. The lowest BCUT2D eigenvalue weighted by Gasteiger charge is -2.12. The quantitative estimate of drug-likeness (QED) is 0.533. The molecule has 0 aromatic rings. The van der Waals surface area contributed by atoms with Gasteiger partial charge in [0.25, 0.3) is 0 Å². The average Bonchev–Trinajstić information content (AvgIpc) is 2.02. The largest absolute Gasteiger partial charge is 0.411 e. The fourth-order valence-electron chi connectivity index (χ4n) is 0.876. The van der Waals surface area contributed by atoms with E-state index in [-0.39, 0.29) is 12.6 Å². The summed E-state index contributed by atoms with van der Waals surface area (Å²) in [6.45, 7) is -1.32. The van der Waals surface area contributed by atoms with Crippen LogP contribution in [-0.4, -0.2) is 25.4 Å². The molecule has 2 N–H and O–H groups in total. The van der Waals surface area contributed by atoms with E-state index in [1.165, 1.54) is 0 Å². The molecule has 0 fully saturated rings. The van der Waals surface area contributed by atoms with Crippen LogP contribution in [0.5, 0.6) is 0 Å². The lowest BCUT2D eigenvalue weighted by atomic mass is 10.1. The van der Waals surface area contributed by atoms with Crippen LogP contribution in [0.3, 0.4) is 0 Å². The molecule has 0 spiro atoms. The molecule has 82 valence electrons. The zero-order valence-electron chi connectivity index (χ0n) is 7.81. The van der Waals surface area contributed by atoms with Gasteiger partial charge in [-0.3, -0.25) is 0 Å². The maximum atomic E-state index is 11.6. The molecule has 2 nitrogen and oxygen atoms in total. The summed E-state index contributed by atoms with van der Waals surface area (Å²) in [7, 11) is 0. The zero-order valence-corrected chi connectivity index (χ0v) is 7.81. The van der Waals surface area contributed by atoms with Gasteiger partial charge in [0.05, 0.1) is 6.61 Å². The Morgan fingerprint density at radius 2 is 2.07 bits per heavy atom. The standard InChI is InChI=1S/C9H14F3NO/c1-2-3-4-5-8(13)6-14-7-9(10,11)12/h1,8H,3-7,13H2. The van der Waals surface area contributed by atoms with Gasteiger partial charge in [-0.05, 0) is 12.8 Å². The van der Waals surface area contributed by atoms with Gasteiger partial charge in [0, 0.05) is 12.5 Å². The van der Waals surface area contributed by atoms with Crippen molar-refractivity contribution >= 4 is 0 Å². The van der Waals surface area contributed by atoms with Gasteiger partial charge >= 0.3 is 6.18 Å². The van der Waals surface area contributed by atoms with Crippen molar-refractivity contribution < 1.29 is 17.9 Å². The number of hydrogen-bond acceptors (Lipinski definition) is 2. The molecule has 0 amide bonds. The van der Waals surface area contributed by atoms with Gasteiger partial charge in [-0.15, -0.1) is 12.3 Å². The van der Waals surface area contributed by atoms with Gasteiger partial charge in [-0.25, -0.2) is 0 Å². The first-order valence-electron chi connectivity index (χ1n) is 4.29. The van der Waals surface area contributed by atoms with E-state index >= 15 is 0 Å². The highest BCUT2D eigenvalue weighted by Gasteiger charge is 2.27. The monoisotopic (exact) mass is 209 g/mol. The first kappa shape index (κ1) is 13.3. The Hall–Kier alpha value is -0.730. The number of terminal acetylenes is 1. The van der Waals surface area contributed by atoms with Crippen molar-refractivity contribution in [2.45, 2.75) is 31.5 Å². The third-order valence-corrected chi connectivity index (χ3v) is 1.49. The van der Waals surface area contributed by atoms with Gasteiger partial charge in [0.15, 0.2) is 0 Å². The van der Waals surface area contributed by atoms with E-state index in [0.29, 0.717) is 19.3 Å². The fraction of sp³-hybridized carbons (Fsp3) is 0.778. The maximum absolute atomic E-state index is 11.6. The molecule has 0 aliphatic rings. The van der Waals surface area contributed by atoms with Crippen molar-refractivity contribution in [2.24, 2.45) is 5.73 Å². The van der Waals surface area contributed by atoms with Gasteiger partial charge in [-0.1, -0.05) is 0 Å². The van der Waals surface area contributed by atoms with Crippen LogP contribution in [0.2, 0.25) is 0 Å². The molecule has 0 rings (SSSR count). The van der Waals surface area contributed by atoms with Crippen LogP contribution in [0, 0.1) is 12.3 Å². The van der Waals surface area contributed by atoms with Crippen molar-refractivity contribution in [1.82, 2.24) is 0 Å². The Morgan fingerprint density at radius 1 is 1.43 bits per heavy atom. The van der Waals surface area contributed by atoms with Crippen molar-refractivity contribution in [1.29, 1.82) is 0 Å². The average molecular weight is 209 g/mol. The van der Waals surface area contributed by atoms with Crippen LogP contribution >= 0.6 is 0 Å². The second-order valence-electron chi connectivity index (χ2n) is 2.99. The van der Waals surface area contributed by atoms with Gasteiger partial charge < -0.3 is 10.5 Å². The molecule has 1 unspecified atom stereocenters. The lowest BCUT2D eigenvalue weighted by Crippen LogP contribution is -2.29. The Labute approximate surface area is 81.6 Å². The number of unbranched alkanes of at least 4 members (excludes halogenated alkanes) is 1. The van der Waals surface area contributed by atoms with Crippen LogP contribution in [0.1, 0.15) is 19.3 Å². The van der Waals surface area contributed by atoms with Crippen molar-refractivity contribution in [2.75, 3.05) is 13.2 Å². The predicted octanol–water partition coefficient (Wildman–Crippen LogP) is 1.70. The molecule has 0 aliphatic heterocycles. The highest BCUT2D eigenvalue weighted by atomic mass is 19.4. The van der Waals surface area contributed by atoms with Crippen LogP contribution in [0.15, 0.2) is 0 Å². The number of nitrogens with two attached hydrogens (primary N) is 1. The lowest BCUT2D eigenvalue weighted by molar-refractivity contribution is -0.174. The minimum atomic E-state index is -4.28. The molecule has 0 radical (unpaired) electrons. The van der Waals surface area contributed by atoms with Gasteiger partial charge in [0.1, 0.15) is 6.61 Å². The van der Waals surface area contributed by atoms with Crippen molar-refractivity contribution in [3.05, 3.63) is 0 Å². The Bertz CT molecular complexity index is 185. The van der Waals surface area contributed by atoms with Gasteiger partial charge in [-0.2, -0.15) is 13.2 Å². The Balaban J connectivity index is 3.36. The normalized spacial score (nSPS) is 13.6. The molecule has 1 atom stereocenters. The van der Waals surface area contributed by atoms with Crippen LogP contribution in [0.4, 0.5) is 13.2 Å². The number of hydrogen-bond donors (Lipinski definition) is 1. The summed E-state index contributed by atoms with van der Waals surface area (Å²) < 4.78 is 39.2. The van der Waals surface area contributed by atoms with Crippen molar-refractivity contribution in [3.63, 3.8) is 0 Å². The van der Waals surface area contributed by atoms with E-state index in [1.54, 1.807) is 0 Å². The third kappa shape index (κ3) is 9.36. The van der Waals surface area contributed by atoms with E-state index in [2.05, 4.69) is 10.7 Å². The number of ether oxygens (including phenoxy) is 1. The minimum Gasteiger partial charge on any atom is -0.370 e. The maximum Gasteiger partial charge on any atom is 0.411 e. The second kappa shape index (κ2) is 6.68. The highest BCUT2D eigenvalue weighted by Crippen LogP contribution is 2.14. The smallest absolute Gasteiger partial charge is 0.370 e. The molecule has 0 aliphatic carbocycles. The molecular formula is C9H14F3NO. The molecule has 0 aromatic heterocycles. The first-order chi connectivity index (χ1) is 6.45. The molecule has 14 heavy (non-hydrogen) atoms. The molecule has 0 saturated heterocycles. The van der Waals surface area contributed by atoms with Gasteiger partial charge in [0.2, 0.25) is 0 Å². The molecule has 0 heterocycles. The summed E-state index contributed by atoms with van der Waals surface area (Å²) in [6.07, 6.45) is 2.61. The van der Waals surface area contributed by atoms with Crippen molar-refractivity contribution in [3.8, 4) is 12.3 Å². The summed E-state index contributed by atoms with van der Waals surface area (Å²) in [4.78, 5) is 0. The Kier molecular flexibility index (Phi) is 6.34. The number of alkyl halides is 3. The van der Waals surface area contributed by atoms with E-state index < -0.39 is 12.8 Å². The summed E-state index contributed by atoms with van der Waals surface area (Å²) in [5, 5.41) is 0. The summed E-state index contributed by atoms with van der Waals surface area (Å²) in [5.74, 6) is 2.43. The Morgan fingerprint density at radius 3 is 2.57 bits per heavy atom. The first-order valence-corrected chi connectivity index (χ1v) is 4.29. The number of halogens is 3. The van der Waals surface area contributed by atoms with Crippen LogP contribution in [0.25, 0.3) is 0 Å². The molecule has 0 bridgehead atoms. The SMILES string of the molecule is C#CCCCC(N)COCC(F)(F)F. The number of rotatable bonds is 6. The predicted molar refractivity (Wildman–Crippen MR) is 47.5 cm³/mol. The summed E-state index contributed by atoms with van der Waals surface area (Å²) >= 11 is 0. The summed E-state index contributed by atoms with van der Waals surface area (Å²) in [6, 6.07) is -0.370. The van der Waals surface area contributed by atoms with Crippen LogP contribution in [-0.2, 0) is 4.74 Å². The van der Waals surface area contributed by atoms with E-state index in [9.17, 15) is 13.2 Å². The van der Waals surface area contributed by atoms with E-state index in [4.69, 9.17) is 12.2 Å². The molecule has 5 heteroatoms. The zero-order chi connectivity index (χ0) is 11.0. The highest BCUT2D eigenvalue weighted by molar-refractivity contribution is 4.83. The van der Waals surface area contributed by atoms with E-state index in [1.807, 2.05) is 0 Å². The molecule has 0 aromatic carbocycles. The topological polar surface area (TPSA) is 35.2 Å². The third-order valence-electron chi connectivity index (χ3n) is 1.49. The molecular weight excluding hydrogens is 195 g/mol.